The fourth-order valence-corrected chi connectivity index (χ4v) is 2.79. The van der Waals surface area contributed by atoms with Gasteiger partial charge in [0, 0.05) is 18.4 Å². The van der Waals surface area contributed by atoms with Gasteiger partial charge in [-0.05, 0) is 42.8 Å². The summed E-state index contributed by atoms with van der Waals surface area (Å²) in [6.45, 7) is 2.76. The van der Waals surface area contributed by atoms with Crippen LogP contribution >= 0.6 is 0 Å². The van der Waals surface area contributed by atoms with Gasteiger partial charge in [0.15, 0.2) is 0 Å². The van der Waals surface area contributed by atoms with E-state index >= 15 is 0 Å². The summed E-state index contributed by atoms with van der Waals surface area (Å²) >= 11 is 0. The second-order valence-corrected chi connectivity index (χ2v) is 6.36. The van der Waals surface area contributed by atoms with Gasteiger partial charge in [0.05, 0.1) is 29.5 Å². The van der Waals surface area contributed by atoms with Gasteiger partial charge in [0.25, 0.3) is 0 Å². The third-order valence-electron chi connectivity index (χ3n) is 4.18. The number of fused-ring (bicyclic) bond motifs is 1. The van der Waals surface area contributed by atoms with E-state index in [-0.39, 0.29) is 5.56 Å². The highest BCUT2D eigenvalue weighted by Gasteiger charge is 2.15. The van der Waals surface area contributed by atoms with E-state index in [4.69, 9.17) is 4.74 Å². The fourth-order valence-electron chi connectivity index (χ4n) is 2.79. The summed E-state index contributed by atoms with van der Waals surface area (Å²) in [6, 6.07) is 9.62. The molecule has 3 rings (SSSR count). The van der Waals surface area contributed by atoms with Crippen molar-refractivity contribution in [2.75, 3.05) is 17.2 Å². The molecular weight excluding hydrogens is 360 g/mol. The molecule has 8 heteroatoms. The first-order chi connectivity index (χ1) is 13.5. The zero-order chi connectivity index (χ0) is 20.1. The number of carbonyl (C=O) groups is 2. The van der Waals surface area contributed by atoms with Crippen molar-refractivity contribution in [3.63, 3.8) is 0 Å². The van der Waals surface area contributed by atoms with Crippen LogP contribution in [0.1, 0.15) is 30.1 Å². The Balaban J connectivity index is 1.68. The molecule has 3 N–H and O–H groups in total. The normalized spacial score (nSPS) is 10.6. The van der Waals surface area contributed by atoms with Crippen LogP contribution in [0.15, 0.2) is 42.7 Å². The van der Waals surface area contributed by atoms with Gasteiger partial charge in [-0.25, -0.2) is 14.6 Å². The lowest BCUT2D eigenvalue weighted by Crippen LogP contribution is -2.19. The van der Waals surface area contributed by atoms with Crippen molar-refractivity contribution >= 4 is 34.4 Å². The number of ether oxygens (including phenoxy) is 1. The number of benzene rings is 2. The molecule has 28 heavy (non-hydrogen) atoms. The molecule has 2 amide bonds. The lowest BCUT2D eigenvalue weighted by atomic mass is 10.1. The molecule has 0 aliphatic carbocycles. The number of rotatable bonds is 7. The summed E-state index contributed by atoms with van der Waals surface area (Å²) in [7, 11) is 1.72. The van der Waals surface area contributed by atoms with Crippen LogP contribution in [0.25, 0.3) is 11.0 Å². The first-order valence-electron chi connectivity index (χ1n) is 8.97. The number of amides is 2. The van der Waals surface area contributed by atoms with E-state index in [1.165, 1.54) is 12.4 Å². The van der Waals surface area contributed by atoms with E-state index in [0.717, 1.165) is 18.6 Å². The molecule has 0 saturated carbocycles. The Bertz CT molecular complexity index is 995. The number of carbonyl (C=O) groups excluding carboxylic acids is 1. The third-order valence-corrected chi connectivity index (χ3v) is 4.18. The Morgan fingerprint density at radius 1 is 1.14 bits per heavy atom. The predicted octanol–water partition coefficient (Wildman–Crippen LogP) is 4.09. The van der Waals surface area contributed by atoms with E-state index < -0.39 is 12.0 Å². The number of hydrogen-bond acceptors (Lipinski definition) is 4. The number of aromatic carboxylic acids is 1. The van der Waals surface area contributed by atoms with Crippen LogP contribution in [0.4, 0.5) is 16.2 Å². The van der Waals surface area contributed by atoms with Crippen LogP contribution in [0.5, 0.6) is 5.75 Å². The molecular formula is C20H22N4O4. The van der Waals surface area contributed by atoms with Crippen LogP contribution in [-0.4, -0.2) is 33.3 Å². The van der Waals surface area contributed by atoms with Gasteiger partial charge < -0.3 is 25.0 Å². The monoisotopic (exact) mass is 382 g/mol. The molecule has 146 valence electrons. The van der Waals surface area contributed by atoms with Gasteiger partial charge in [-0.3, -0.25) is 0 Å². The minimum absolute atomic E-state index is 0.0707. The van der Waals surface area contributed by atoms with Crippen molar-refractivity contribution in [2.45, 2.75) is 19.8 Å². The lowest BCUT2D eigenvalue weighted by molar-refractivity contribution is 0.0698. The average Bonchev–Trinajstić information content (AvgIpc) is 3.03. The number of carboxylic acid groups (broad SMARTS) is 1. The van der Waals surface area contributed by atoms with E-state index in [1.807, 2.05) is 0 Å². The molecule has 0 spiro atoms. The summed E-state index contributed by atoms with van der Waals surface area (Å²) in [4.78, 5) is 28.0. The van der Waals surface area contributed by atoms with Crippen molar-refractivity contribution < 1.29 is 19.4 Å². The first kappa shape index (κ1) is 19.2. The van der Waals surface area contributed by atoms with Crippen molar-refractivity contribution in [1.29, 1.82) is 0 Å². The van der Waals surface area contributed by atoms with Crippen LogP contribution in [0.2, 0.25) is 0 Å². The summed E-state index contributed by atoms with van der Waals surface area (Å²) in [5.41, 5.74) is 2.00. The second kappa shape index (κ2) is 8.43. The highest BCUT2D eigenvalue weighted by molar-refractivity contribution is 6.06. The Morgan fingerprint density at radius 2 is 1.86 bits per heavy atom. The zero-order valence-electron chi connectivity index (χ0n) is 15.7. The summed E-state index contributed by atoms with van der Waals surface area (Å²) in [5.74, 6) is -0.345. The number of urea groups is 1. The number of aryl methyl sites for hydroxylation is 1. The molecule has 0 saturated heterocycles. The fraction of sp³-hybridized carbons (Fsp3) is 0.250. The van der Waals surface area contributed by atoms with Gasteiger partial charge in [-0.1, -0.05) is 13.3 Å². The Hall–Kier alpha value is -3.55. The molecule has 1 heterocycles. The van der Waals surface area contributed by atoms with E-state index in [9.17, 15) is 14.7 Å². The zero-order valence-corrected chi connectivity index (χ0v) is 15.7. The van der Waals surface area contributed by atoms with Crippen LogP contribution in [-0.2, 0) is 7.05 Å². The van der Waals surface area contributed by atoms with Crippen molar-refractivity contribution in [3.05, 3.63) is 48.3 Å². The molecule has 0 radical (unpaired) electrons. The maximum absolute atomic E-state index is 12.3. The Labute approximate surface area is 162 Å². The molecule has 0 unspecified atom stereocenters. The van der Waals surface area contributed by atoms with E-state index in [0.29, 0.717) is 29.0 Å². The highest BCUT2D eigenvalue weighted by Crippen LogP contribution is 2.23. The van der Waals surface area contributed by atoms with Gasteiger partial charge in [-0.15, -0.1) is 0 Å². The summed E-state index contributed by atoms with van der Waals surface area (Å²) in [6.07, 6.45) is 3.58. The molecule has 2 aromatic carbocycles. The number of aromatic nitrogens is 2. The maximum Gasteiger partial charge on any atom is 0.337 e. The van der Waals surface area contributed by atoms with Gasteiger partial charge in [-0.2, -0.15) is 0 Å². The summed E-state index contributed by atoms with van der Waals surface area (Å²) < 4.78 is 7.22. The smallest absolute Gasteiger partial charge is 0.337 e. The Morgan fingerprint density at radius 3 is 2.54 bits per heavy atom. The minimum Gasteiger partial charge on any atom is -0.494 e. The first-order valence-corrected chi connectivity index (χ1v) is 8.97. The third kappa shape index (κ3) is 4.40. The average molecular weight is 382 g/mol. The Kier molecular flexibility index (Phi) is 5.78. The van der Waals surface area contributed by atoms with Gasteiger partial charge in [0.1, 0.15) is 5.75 Å². The van der Waals surface area contributed by atoms with Crippen LogP contribution in [0, 0.1) is 0 Å². The molecule has 1 aromatic heterocycles. The van der Waals surface area contributed by atoms with E-state index in [1.54, 1.807) is 41.9 Å². The largest absolute Gasteiger partial charge is 0.494 e. The number of imidazole rings is 1. The molecule has 0 bridgehead atoms. The lowest BCUT2D eigenvalue weighted by Gasteiger charge is -2.10. The van der Waals surface area contributed by atoms with Crippen molar-refractivity contribution in [3.8, 4) is 5.75 Å². The molecule has 0 fully saturated rings. The maximum atomic E-state index is 12.3. The number of unbranched alkanes of at least 4 members (excludes halogenated alkanes) is 1. The van der Waals surface area contributed by atoms with Gasteiger partial charge >= 0.3 is 12.0 Å². The van der Waals surface area contributed by atoms with Gasteiger partial charge in [0.2, 0.25) is 0 Å². The standard InChI is InChI=1S/C20H22N4O4/c1-3-4-9-28-15-7-5-13(6-8-15)22-20(27)23-14-10-16(19(25)26)18-17(11-14)21-12-24(18)2/h5-8,10-12H,3-4,9H2,1-2H3,(H,25,26)(H2,22,23,27). The molecule has 0 atom stereocenters. The van der Waals surface area contributed by atoms with Crippen molar-refractivity contribution in [1.82, 2.24) is 9.55 Å². The number of hydrogen-bond donors (Lipinski definition) is 3. The second-order valence-electron chi connectivity index (χ2n) is 6.36. The molecule has 0 aliphatic heterocycles. The summed E-state index contributed by atoms with van der Waals surface area (Å²) in [5, 5.41) is 14.8. The quantitative estimate of drug-likeness (QED) is 0.534. The van der Waals surface area contributed by atoms with Crippen LogP contribution < -0.4 is 15.4 Å². The van der Waals surface area contributed by atoms with Crippen LogP contribution in [0.3, 0.4) is 0 Å². The van der Waals surface area contributed by atoms with E-state index in [2.05, 4.69) is 22.5 Å². The number of nitrogens with zero attached hydrogens (tertiary/aromatic N) is 2. The SMILES string of the molecule is CCCCOc1ccc(NC(=O)Nc2cc(C(=O)O)c3c(c2)ncn3C)cc1. The predicted molar refractivity (Wildman–Crippen MR) is 107 cm³/mol. The highest BCUT2D eigenvalue weighted by atomic mass is 16.5. The number of nitrogens with one attached hydrogen (secondary N) is 2. The van der Waals surface area contributed by atoms with Crippen molar-refractivity contribution in [2.24, 2.45) is 7.05 Å². The minimum atomic E-state index is -1.09. The number of carboxylic acids is 1. The molecule has 8 nitrogen and oxygen atoms in total. The number of anilines is 2. The molecule has 0 aliphatic rings. The molecule has 3 aromatic rings. The topological polar surface area (TPSA) is 105 Å².